The SMILES string of the molecule is CS(=O)(=O)N1CCc2[nH]nc(-c3ccc(Cl)c(CNC(=O)c4ccc(F)cc4)c3)c2C1. The molecule has 1 aliphatic heterocycles. The number of nitrogens with one attached hydrogen (secondary N) is 2. The number of hydrogen-bond acceptors (Lipinski definition) is 4. The summed E-state index contributed by atoms with van der Waals surface area (Å²) in [5.41, 5.74) is 4.20. The Bertz CT molecular complexity index is 1240. The van der Waals surface area contributed by atoms with E-state index in [0.29, 0.717) is 34.8 Å². The van der Waals surface area contributed by atoms with E-state index >= 15 is 0 Å². The molecule has 31 heavy (non-hydrogen) atoms. The first-order chi connectivity index (χ1) is 14.7. The van der Waals surface area contributed by atoms with Gasteiger partial charge in [-0.25, -0.2) is 12.8 Å². The maximum atomic E-state index is 13.0. The first kappa shape index (κ1) is 21.5. The van der Waals surface area contributed by atoms with E-state index in [2.05, 4.69) is 15.5 Å². The minimum Gasteiger partial charge on any atom is -0.348 e. The highest BCUT2D eigenvalue weighted by molar-refractivity contribution is 7.88. The summed E-state index contributed by atoms with van der Waals surface area (Å²) in [6, 6.07) is 10.6. The minimum absolute atomic E-state index is 0.172. The van der Waals surface area contributed by atoms with Crippen LogP contribution in [0, 0.1) is 5.82 Å². The van der Waals surface area contributed by atoms with Crippen LogP contribution < -0.4 is 5.32 Å². The largest absolute Gasteiger partial charge is 0.348 e. The van der Waals surface area contributed by atoms with Gasteiger partial charge in [0, 0.05) is 53.5 Å². The number of sulfonamides is 1. The van der Waals surface area contributed by atoms with Gasteiger partial charge in [-0.1, -0.05) is 17.7 Å². The predicted octanol–water partition coefficient (Wildman–Crippen LogP) is 3.12. The summed E-state index contributed by atoms with van der Waals surface area (Å²) < 4.78 is 38.4. The Morgan fingerprint density at radius 1 is 1.26 bits per heavy atom. The topological polar surface area (TPSA) is 95.2 Å². The molecule has 0 fully saturated rings. The average Bonchev–Trinajstić information content (AvgIpc) is 3.16. The van der Waals surface area contributed by atoms with Crippen molar-refractivity contribution in [3.8, 4) is 11.3 Å². The second-order valence-corrected chi connectivity index (χ2v) is 9.76. The number of amides is 1. The van der Waals surface area contributed by atoms with Crippen LogP contribution in [0.5, 0.6) is 0 Å². The number of carbonyl (C=O) groups is 1. The monoisotopic (exact) mass is 462 g/mol. The van der Waals surface area contributed by atoms with Gasteiger partial charge >= 0.3 is 0 Å². The number of carbonyl (C=O) groups excluding carboxylic acids is 1. The van der Waals surface area contributed by atoms with Crippen molar-refractivity contribution in [1.29, 1.82) is 0 Å². The second kappa shape index (κ2) is 8.41. The molecule has 1 amide bonds. The number of nitrogens with zero attached hydrogens (tertiary/aromatic N) is 2. The lowest BCUT2D eigenvalue weighted by Gasteiger charge is -2.24. The number of aromatic nitrogens is 2. The van der Waals surface area contributed by atoms with Crippen LogP contribution in [0.25, 0.3) is 11.3 Å². The maximum absolute atomic E-state index is 13.0. The third-order valence-corrected chi connectivity index (χ3v) is 6.85. The van der Waals surface area contributed by atoms with E-state index in [1.165, 1.54) is 34.8 Å². The summed E-state index contributed by atoms with van der Waals surface area (Å²) in [6.45, 7) is 0.832. The van der Waals surface area contributed by atoms with Crippen LogP contribution in [-0.4, -0.2) is 41.6 Å². The number of hydrogen-bond donors (Lipinski definition) is 2. The Morgan fingerprint density at radius 2 is 2.00 bits per heavy atom. The highest BCUT2D eigenvalue weighted by Crippen LogP contribution is 2.31. The van der Waals surface area contributed by atoms with Crippen molar-refractivity contribution in [3.63, 3.8) is 0 Å². The first-order valence-electron chi connectivity index (χ1n) is 9.56. The molecule has 0 radical (unpaired) electrons. The predicted molar refractivity (Wildman–Crippen MR) is 116 cm³/mol. The number of fused-ring (bicyclic) bond motifs is 1. The molecule has 0 atom stereocenters. The molecule has 2 N–H and O–H groups in total. The third kappa shape index (κ3) is 4.63. The zero-order valence-corrected chi connectivity index (χ0v) is 18.2. The van der Waals surface area contributed by atoms with Crippen molar-refractivity contribution in [1.82, 2.24) is 19.8 Å². The maximum Gasteiger partial charge on any atom is 0.251 e. The smallest absolute Gasteiger partial charge is 0.251 e. The summed E-state index contributed by atoms with van der Waals surface area (Å²) in [7, 11) is -3.31. The van der Waals surface area contributed by atoms with Gasteiger partial charge in [0.2, 0.25) is 10.0 Å². The summed E-state index contributed by atoms with van der Waals surface area (Å²) in [5, 5.41) is 10.6. The van der Waals surface area contributed by atoms with Crippen LogP contribution >= 0.6 is 11.6 Å². The molecule has 7 nitrogen and oxygen atoms in total. The van der Waals surface area contributed by atoms with Gasteiger partial charge in [-0.2, -0.15) is 9.40 Å². The zero-order chi connectivity index (χ0) is 22.2. The van der Waals surface area contributed by atoms with Crippen LogP contribution in [0.1, 0.15) is 27.2 Å². The minimum atomic E-state index is -3.31. The fraction of sp³-hybridized carbons (Fsp3) is 0.238. The summed E-state index contributed by atoms with van der Waals surface area (Å²) >= 11 is 6.32. The van der Waals surface area contributed by atoms with E-state index in [4.69, 9.17) is 11.6 Å². The molecule has 0 saturated carbocycles. The van der Waals surface area contributed by atoms with Crippen LogP contribution in [0.2, 0.25) is 5.02 Å². The fourth-order valence-electron chi connectivity index (χ4n) is 3.53. The van der Waals surface area contributed by atoms with Crippen molar-refractivity contribution in [2.24, 2.45) is 0 Å². The molecule has 3 aromatic rings. The van der Waals surface area contributed by atoms with Crippen molar-refractivity contribution in [3.05, 3.63) is 75.7 Å². The Kier molecular flexibility index (Phi) is 5.83. The molecule has 4 rings (SSSR count). The van der Waals surface area contributed by atoms with E-state index in [-0.39, 0.29) is 19.0 Å². The van der Waals surface area contributed by atoms with Gasteiger partial charge in [0.1, 0.15) is 5.82 Å². The molecule has 2 aromatic carbocycles. The van der Waals surface area contributed by atoms with Crippen molar-refractivity contribution in [2.45, 2.75) is 19.5 Å². The average molecular weight is 463 g/mol. The molecule has 10 heteroatoms. The summed E-state index contributed by atoms with van der Waals surface area (Å²) in [5.74, 6) is -0.758. The standard InChI is InChI=1S/C21H20ClFN4O3S/c1-31(29,30)27-9-8-19-17(12-27)20(26-25-19)14-4-7-18(22)15(10-14)11-24-21(28)13-2-5-16(23)6-3-13/h2-7,10H,8-9,11-12H2,1H3,(H,24,28)(H,25,26). The van der Waals surface area contributed by atoms with E-state index < -0.39 is 15.8 Å². The zero-order valence-electron chi connectivity index (χ0n) is 16.7. The van der Waals surface area contributed by atoms with Gasteiger partial charge in [-0.05, 0) is 42.0 Å². The molecule has 0 bridgehead atoms. The Morgan fingerprint density at radius 3 is 2.71 bits per heavy atom. The van der Waals surface area contributed by atoms with Crippen LogP contribution in [-0.2, 0) is 29.5 Å². The molecule has 1 aromatic heterocycles. The van der Waals surface area contributed by atoms with Crippen LogP contribution in [0.4, 0.5) is 4.39 Å². The van der Waals surface area contributed by atoms with E-state index in [9.17, 15) is 17.6 Å². The van der Waals surface area contributed by atoms with E-state index in [0.717, 1.165) is 16.8 Å². The Balaban J connectivity index is 1.56. The van der Waals surface area contributed by atoms with Gasteiger partial charge in [0.25, 0.3) is 5.91 Å². The number of benzene rings is 2. The number of aromatic amines is 1. The first-order valence-corrected chi connectivity index (χ1v) is 11.8. The summed E-state index contributed by atoms with van der Waals surface area (Å²) in [4.78, 5) is 12.3. The molecule has 0 aliphatic carbocycles. The van der Waals surface area contributed by atoms with Gasteiger partial charge in [0.15, 0.2) is 0 Å². The van der Waals surface area contributed by atoms with Crippen molar-refractivity contribution in [2.75, 3.05) is 12.8 Å². The third-order valence-electron chi connectivity index (χ3n) is 5.23. The van der Waals surface area contributed by atoms with E-state index in [1.807, 2.05) is 12.1 Å². The molecule has 0 spiro atoms. The van der Waals surface area contributed by atoms with Crippen molar-refractivity contribution < 1.29 is 17.6 Å². The van der Waals surface area contributed by atoms with Gasteiger partial charge in [-0.3, -0.25) is 9.89 Å². The number of H-pyrrole nitrogens is 1. The van der Waals surface area contributed by atoms with Crippen LogP contribution in [0.3, 0.4) is 0 Å². The molecule has 0 unspecified atom stereocenters. The number of halogens is 2. The normalized spacial score (nSPS) is 14.3. The molecular formula is C21H20ClFN4O3S. The molecule has 2 heterocycles. The fourth-order valence-corrected chi connectivity index (χ4v) is 4.50. The van der Waals surface area contributed by atoms with Gasteiger partial charge < -0.3 is 5.32 Å². The molecule has 1 aliphatic rings. The Hall–Kier alpha value is -2.75. The lowest BCUT2D eigenvalue weighted by Crippen LogP contribution is -2.35. The second-order valence-electron chi connectivity index (χ2n) is 7.37. The highest BCUT2D eigenvalue weighted by atomic mass is 35.5. The van der Waals surface area contributed by atoms with Crippen molar-refractivity contribution >= 4 is 27.5 Å². The van der Waals surface area contributed by atoms with E-state index in [1.54, 1.807) is 6.07 Å². The van der Waals surface area contributed by atoms with Crippen LogP contribution in [0.15, 0.2) is 42.5 Å². The molecule has 0 saturated heterocycles. The molecular weight excluding hydrogens is 443 g/mol. The summed E-state index contributed by atoms with van der Waals surface area (Å²) in [6.07, 6.45) is 1.76. The van der Waals surface area contributed by atoms with Gasteiger partial charge in [0.05, 0.1) is 11.9 Å². The highest BCUT2D eigenvalue weighted by Gasteiger charge is 2.27. The Labute approximate surface area is 184 Å². The molecule has 162 valence electrons. The lowest BCUT2D eigenvalue weighted by molar-refractivity contribution is 0.0951. The number of rotatable bonds is 5. The van der Waals surface area contributed by atoms with Gasteiger partial charge in [-0.15, -0.1) is 0 Å². The lowest BCUT2D eigenvalue weighted by atomic mass is 10.0. The quantitative estimate of drug-likeness (QED) is 0.609.